The van der Waals surface area contributed by atoms with E-state index in [-0.39, 0.29) is 29.8 Å². The molecule has 8 heteroatoms. The van der Waals surface area contributed by atoms with Crippen molar-refractivity contribution in [3.05, 3.63) is 30.3 Å². The van der Waals surface area contributed by atoms with Crippen LogP contribution in [0.3, 0.4) is 0 Å². The average molecular weight is 381 g/mol. The number of nitrogens with zero attached hydrogens (tertiary/aromatic N) is 1. The van der Waals surface area contributed by atoms with Gasteiger partial charge in [0.05, 0.1) is 16.9 Å². The van der Waals surface area contributed by atoms with Crippen LogP contribution in [0.5, 0.6) is 0 Å². The van der Waals surface area contributed by atoms with Gasteiger partial charge in [-0.15, -0.1) is 0 Å². The number of carbonyl (C=O) groups excluding carboxylic acids is 2. The van der Waals surface area contributed by atoms with E-state index in [1.54, 1.807) is 30.3 Å². The van der Waals surface area contributed by atoms with Crippen molar-refractivity contribution in [3.8, 4) is 0 Å². The fourth-order valence-electron chi connectivity index (χ4n) is 3.07. The van der Waals surface area contributed by atoms with Crippen LogP contribution in [-0.2, 0) is 19.6 Å². The van der Waals surface area contributed by atoms with Gasteiger partial charge in [0, 0.05) is 19.0 Å². The van der Waals surface area contributed by atoms with Crippen LogP contribution in [-0.4, -0.2) is 43.7 Å². The quantitative estimate of drug-likeness (QED) is 0.734. The Morgan fingerprint density at radius 1 is 1.19 bits per heavy atom. The lowest BCUT2D eigenvalue weighted by Gasteiger charge is -2.32. The van der Waals surface area contributed by atoms with Crippen molar-refractivity contribution >= 4 is 21.9 Å². The Bertz CT molecular complexity index is 725. The van der Waals surface area contributed by atoms with Crippen molar-refractivity contribution in [1.82, 2.24) is 9.62 Å². The van der Waals surface area contributed by atoms with Crippen LogP contribution in [0.1, 0.15) is 33.1 Å². The molecule has 0 bridgehead atoms. The molecule has 1 amide bonds. The van der Waals surface area contributed by atoms with Crippen molar-refractivity contribution in [3.63, 3.8) is 0 Å². The number of amides is 1. The number of sulfonamides is 1. The maximum atomic E-state index is 12.6. The first kappa shape index (κ1) is 20.4. The molecule has 0 radical (unpaired) electrons. The molecule has 1 saturated heterocycles. The first-order chi connectivity index (χ1) is 12.2. The smallest absolute Gasteiger partial charge is 0.243 e. The molecule has 1 aliphatic rings. The van der Waals surface area contributed by atoms with Gasteiger partial charge in [0.1, 0.15) is 0 Å². The van der Waals surface area contributed by atoms with Crippen LogP contribution in [0.2, 0.25) is 0 Å². The number of hydrogen-bond donors (Lipinski definition) is 1. The van der Waals surface area contributed by atoms with Crippen molar-refractivity contribution in [2.45, 2.75) is 44.0 Å². The number of carbonyl (C=O) groups is 2. The molecule has 1 aromatic rings. The van der Waals surface area contributed by atoms with Crippen molar-refractivity contribution in [2.75, 3.05) is 13.1 Å². The maximum absolute atomic E-state index is 12.6. The summed E-state index contributed by atoms with van der Waals surface area (Å²) in [4.78, 5) is 23.8. The molecule has 0 aromatic heterocycles. The van der Waals surface area contributed by atoms with Gasteiger partial charge in [0.25, 0.3) is 0 Å². The number of hydrogen-bond acceptors (Lipinski definition) is 5. The van der Waals surface area contributed by atoms with E-state index < -0.39 is 28.0 Å². The number of nitrogens with one attached hydrogen (secondary N) is 1. The zero-order valence-electron chi connectivity index (χ0n) is 15.1. The minimum atomic E-state index is -3.57. The highest BCUT2D eigenvalue weighted by atomic mass is 32.2. The van der Waals surface area contributed by atoms with E-state index in [1.165, 1.54) is 4.31 Å². The van der Waals surface area contributed by atoms with Gasteiger partial charge >= 0.3 is 0 Å². The van der Waals surface area contributed by atoms with Gasteiger partial charge in [0.15, 0.2) is 0 Å². The zero-order chi connectivity index (χ0) is 19.3. The predicted molar refractivity (Wildman–Crippen MR) is 94.3 cm³/mol. The van der Waals surface area contributed by atoms with Gasteiger partial charge in [-0.25, -0.2) is 8.42 Å². The summed E-state index contributed by atoms with van der Waals surface area (Å²) in [5, 5.41) is 13.7. The van der Waals surface area contributed by atoms with Crippen LogP contribution >= 0.6 is 0 Å². The molecule has 1 aliphatic heterocycles. The van der Waals surface area contributed by atoms with Gasteiger partial charge in [-0.2, -0.15) is 4.31 Å². The lowest BCUT2D eigenvalue weighted by Crippen LogP contribution is -2.51. The van der Waals surface area contributed by atoms with Crippen molar-refractivity contribution in [2.24, 2.45) is 11.8 Å². The molecule has 0 spiro atoms. The number of rotatable bonds is 7. The second kappa shape index (κ2) is 8.64. The first-order valence-corrected chi connectivity index (χ1v) is 10.2. The Balaban J connectivity index is 1.95. The Kier molecular flexibility index (Phi) is 6.77. The fourth-order valence-corrected chi connectivity index (χ4v) is 4.57. The molecule has 26 heavy (non-hydrogen) atoms. The second-order valence-electron chi connectivity index (χ2n) is 7.00. The van der Waals surface area contributed by atoms with Gasteiger partial charge < -0.3 is 15.2 Å². The van der Waals surface area contributed by atoms with Gasteiger partial charge in [-0.1, -0.05) is 32.0 Å². The van der Waals surface area contributed by atoms with Crippen LogP contribution in [0.15, 0.2) is 35.2 Å². The molecule has 1 atom stereocenters. The van der Waals surface area contributed by atoms with E-state index in [0.29, 0.717) is 19.3 Å². The van der Waals surface area contributed by atoms with Crippen molar-refractivity contribution < 1.29 is 23.1 Å². The molecule has 1 fully saturated rings. The topological polar surface area (TPSA) is 107 Å². The molecule has 1 N–H and O–H groups in total. The maximum Gasteiger partial charge on any atom is 0.243 e. The fraction of sp³-hybridized carbons (Fsp3) is 0.556. The minimum absolute atomic E-state index is 0.107. The van der Waals surface area contributed by atoms with E-state index in [0.717, 1.165) is 0 Å². The largest absolute Gasteiger partial charge is 0.548 e. The zero-order valence-corrected chi connectivity index (χ0v) is 15.9. The van der Waals surface area contributed by atoms with Crippen LogP contribution in [0.25, 0.3) is 0 Å². The number of benzene rings is 1. The van der Waals surface area contributed by atoms with E-state index in [9.17, 15) is 23.1 Å². The Hall–Kier alpha value is -1.93. The van der Waals surface area contributed by atoms with Crippen molar-refractivity contribution in [1.29, 1.82) is 0 Å². The summed E-state index contributed by atoms with van der Waals surface area (Å²) in [6.45, 7) is 4.20. The van der Waals surface area contributed by atoms with E-state index in [1.807, 2.05) is 13.8 Å². The third-order valence-electron chi connectivity index (χ3n) is 4.51. The summed E-state index contributed by atoms with van der Waals surface area (Å²) in [6, 6.07) is 7.16. The van der Waals surface area contributed by atoms with Gasteiger partial charge in [-0.3, -0.25) is 4.79 Å². The number of carboxylic acids is 1. The van der Waals surface area contributed by atoms with Gasteiger partial charge in [-0.05, 0) is 37.3 Å². The highest BCUT2D eigenvalue weighted by molar-refractivity contribution is 7.89. The molecule has 0 unspecified atom stereocenters. The van der Waals surface area contributed by atoms with Crippen LogP contribution in [0.4, 0.5) is 0 Å². The summed E-state index contributed by atoms with van der Waals surface area (Å²) in [6.07, 6.45) is 1.02. The minimum Gasteiger partial charge on any atom is -0.548 e. The highest BCUT2D eigenvalue weighted by Crippen LogP contribution is 2.24. The summed E-state index contributed by atoms with van der Waals surface area (Å²) in [5.41, 5.74) is 0. The lowest BCUT2D eigenvalue weighted by molar-refractivity contribution is -0.308. The first-order valence-electron chi connectivity index (χ1n) is 8.78. The summed E-state index contributed by atoms with van der Waals surface area (Å²) >= 11 is 0. The Morgan fingerprint density at radius 2 is 1.77 bits per heavy atom. The van der Waals surface area contributed by atoms with Crippen LogP contribution in [0, 0.1) is 11.8 Å². The van der Waals surface area contributed by atoms with Crippen LogP contribution < -0.4 is 10.4 Å². The molecule has 2 rings (SSSR count). The number of piperidine rings is 1. The second-order valence-corrected chi connectivity index (χ2v) is 8.94. The number of carboxylic acid groups (broad SMARTS) is 1. The van der Waals surface area contributed by atoms with E-state index in [2.05, 4.69) is 5.32 Å². The summed E-state index contributed by atoms with van der Waals surface area (Å²) < 4.78 is 26.6. The molecular formula is C18H25N2O5S-. The normalized spacial score (nSPS) is 17.8. The molecule has 0 aliphatic carbocycles. The standard InChI is InChI=1S/C18H26N2O5S/c1-13(2)12-16(18(22)23)19-17(21)14-8-10-20(11-9-14)26(24,25)15-6-4-3-5-7-15/h3-7,13-14,16H,8-12H2,1-2H3,(H,19,21)(H,22,23)/p-1/t16-/m0/s1. The van der Waals surface area contributed by atoms with E-state index in [4.69, 9.17) is 0 Å². The summed E-state index contributed by atoms with van der Waals surface area (Å²) in [5.74, 6) is -1.94. The molecule has 1 heterocycles. The predicted octanol–water partition coefficient (Wildman–Crippen LogP) is 0.368. The Morgan fingerprint density at radius 3 is 2.27 bits per heavy atom. The third kappa shape index (κ3) is 5.04. The SMILES string of the molecule is CC(C)C[C@H](NC(=O)C1CCN(S(=O)(=O)c2ccccc2)CC1)C(=O)[O-]. The van der Waals surface area contributed by atoms with Gasteiger partial charge in [0.2, 0.25) is 15.9 Å². The molecule has 7 nitrogen and oxygen atoms in total. The number of aliphatic carboxylic acids is 1. The monoisotopic (exact) mass is 381 g/mol. The molecule has 1 aromatic carbocycles. The molecule has 144 valence electrons. The summed E-state index contributed by atoms with van der Waals surface area (Å²) in [7, 11) is -3.57. The van der Waals surface area contributed by atoms with E-state index >= 15 is 0 Å². The lowest BCUT2D eigenvalue weighted by atomic mass is 9.96. The molecular weight excluding hydrogens is 356 g/mol. The third-order valence-corrected chi connectivity index (χ3v) is 6.43. The molecule has 0 saturated carbocycles. The average Bonchev–Trinajstić information content (AvgIpc) is 2.61. The highest BCUT2D eigenvalue weighted by Gasteiger charge is 2.32. The Labute approximate surface area is 154 Å².